The molecule has 0 unspecified atom stereocenters. The molecule has 0 saturated carbocycles. The van der Waals surface area contributed by atoms with E-state index in [2.05, 4.69) is 11.4 Å². The van der Waals surface area contributed by atoms with Crippen LogP contribution in [0.5, 0.6) is 5.75 Å². The largest absolute Gasteiger partial charge is 0.497 e. The molecule has 0 amide bonds. The molecule has 0 spiro atoms. The predicted octanol–water partition coefficient (Wildman–Crippen LogP) is 4.05. The summed E-state index contributed by atoms with van der Waals surface area (Å²) in [6, 6.07) is 16.1. The van der Waals surface area contributed by atoms with E-state index in [-0.39, 0.29) is 0 Å². The molecule has 94 valence electrons. The Morgan fingerprint density at radius 3 is 2.72 bits per heavy atom. The van der Waals surface area contributed by atoms with Crippen molar-refractivity contribution in [3.05, 3.63) is 59.7 Å². The Kier molecular flexibility index (Phi) is 4.48. The molecule has 0 aromatic heterocycles. The lowest BCUT2D eigenvalue weighted by atomic mass is 10.1. The fraction of sp³-hybridized carbons (Fsp3) is 0.200. The zero-order chi connectivity index (χ0) is 12.8. The molecular formula is C15H16ClNO. The Bertz CT molecular complexity index is 513. The number of para-hydroxylation sites is 1. The first kappa shape index (κ1) is 12.8. The lowest BCUT2D eigenvalue weighted by Crippen LogP contribution is -2.01. The van der Waals surface area contributed by atoms with Crippen LogP contribution in [0.1, 0.15) is 11.1 Å². The first-order valence-corrected chi connectivity index (χ1v) is 6.37. The van der Waals surface area contributed by atoms with Gasteiger partial charge in [-0.15, -0.1) is 11.6 Å². The topological polar surface area (TPSA) is 21.3 Å². The van der Waals surface area contributed by atoms with E-state index < -0.39 is 0 Å². The molecular weight excluding hydrogens is 246 g/mol. The molecule has 0 bridgehead atoms. The molecule has 0 radical (unpaired) electrons. The van der Waals surface area contributed by atoms with Crippen LogP contribution in [0.15, 0.2) is 48.5 Å². The number of ether oxygens (including phenoxy) is 1. The van der Waals surface area contributed by atoms with E-state index in [4.69, 9.17) is 16.3 Å². The summed E-state index contributed by atoms with van der Waals surface area (Å²) < 4.78 is 5.20. The highest BCUT2D eigenvalue weighted by Gasteiger charge is 2.00. The molecule has 0 aliphatic carbocycles. The third kappa shape index (κ3) is 3.17. The lowest BCUT2D eigenvalue weighted by molar-refractivity contribution is 0.414. The maximum absolute atomic E-state index is 5.90. The molecule has 3 heteroatoms. The fourth-order valence-corrected chi connectivity index (χ4v) is 2.02. The van der Waals surface area contributed by atoms with Gasteiger partial charge in [-0.3, -0.25) is 0 Å². The highest BCUT2D eigenvalue weighted by atomic mass is 35.5. The molecule has 0 fully saturated rings. The number of rotatable bonds is 5. The summed E-state index contributed by atoms with van der Waals surface area (Å²) >= 11 is 5.90. The van der Waals surface area contributed by atoms with E-state index in [0.717, 1.165) is 23.5 Å². The first-order valence-electron chi connectivity index (χ1n) is 5.84. The second kappa shape index (κ2) is 6.31. The van der Waals surface area contributed by atoms with E-state index in [1.165, 1.54) is 5.56 Å². The fourth-order valence-electron chi connectivity index (χ4n) is 1.79. The molecule has 0 atom stereocenters. The van der Waals surface area contributed by atoms with Crippen molar-refractivity contribution in [2.45, 2.75) is 12.4 Å². The first-order chi connectivity index (χ1) is 8.83. The zero-order valence-corrected chi connectivity index (χ0v) is 11.1. The zero-order valence-electron chi connectivity index (χ0n) is 10.3. The standard InChI is InChI=1S/C15H16ClNO/c1-18-14-7-4-5-12(9-14)11-17-15-8-3-2-6-13(15)10-16/h2-9,17H,10-11H2,1H3. The van der Waals surface area contributed by atoms with E-state index in [0.29, 0.717) is 5.88 Å². The number of anilines is 1. The van der Waals surface area contributed by atoms with Crippen LogP contribution in [0.25, 0.3) is 0 Å². The van der Waals surface area contributed by atoms with E-state index >= 15 is 0 Å². The average Bonchev–Trinajstić information content (AvgIpc) is 2.45. The van der Waals surface area contributed by atoms with E-state index in [1.54, 1.807) is 7.11 Å². The molecule has 0 aliphatic heterocycles. The molecule has 2 nitrogen and oxygen atoms in total. The van der Waals surface area contributed by atoms with Crippen molar-refractivity contribution in [2.24, 2.45) is 0 Å². The van der Waals surface area contributed by atoms with Gasteiger partial charge in [0.1, 0.15) is 5.75 Å². The van der Waals surface area contributed by atoms with E-state index in [9.17, 15) is 0 Å². The van der Waals surface area contributed by atoms with Gasteiger partial charge in [-0.1, -0.05) is 30.3 Å². The van der Waals surface area contributed by atoms with Crippen LogP contribution in [0.2, 0.25) is 0 Å². The Morgan fingerprint density at radius 2 is 1.94 bits per heavy atom. The second-order valence-corrected chi connectivity index (χ2v) is 4.26. The van der Waals surface area contributed by atoms with Gasteiger partial charge < -0.3 is 10.1 Å². The van der Waals surface area contributed by atoms with Crippen molar-refractivity contribution in [1.82, 2.24) is 0 Å². The number of alkyl halides is 1. The molecule has 0 heterocycles. The van der Waals surface area contributed by atoms with Gasteiger partial charge >= 0.3 is 0 Å². The lowest BCUT2D eigenvalue weighted by Gasteiger charge is -2.11. The Balaban J connectivity index is 2.06. The van der Waals surface area contributed by atoms with Crippen LogP contribution >= 0.6 is 11.6 Å². The number of hydrogen-bond donors (Lipinski definition) is 1. The number of methoxy groups -OCH3 is 1. The Hall–Kier alpha value is -1.67. The summed E-state index contributed by atoms with van der Waals surface area (Å²) in [6.07, 6.45) is 0. The van der Waals surface area contributed by atoms with Crippen molar-refractivity contribution in [3.63, 3.8) is 0 Å². The van der Waals surface area contributed by atoms with Crippen molar-refractivity contribution < 1.29 is 4.74 Å². The number of benzene rings is 2. The molecule has 2 rings (SSSR count). The molecule has 0 aliphatic rings. The van der Waals surface area contributed by atoms with Gasteiger partial charge in [0.25, 0.3) is 0 Å². The Labute approximate surface area is 113 Å². The number of nitrogens with one attached hydrogen (secondary N) is 1. The van der Waals surface area contributed by atoms with Gasteiger partial charge in [0.05, 0.1) is 7.11 Å². The molecule has 0 saturated heterocycles. The minimum atomic E-state index is 0.515. The quantitative estimate of drug-likeness (QED) is 0.820. The minimum Gasteiger partial charge on any atom is -0.497 e. The second-order valence-electron chi connectivity index (χ2n) is 4.00. The highest BCUT2D eigenvalue weighted by molar-refractivity contribution is 6.17. The Morgan fingerprint density at radius 1 is 1.11 bits per heavy atom. The van der Waals surface area contributed by atoms with Gasteiger partial charge in [0.2, 0.25) is 0 Å². The molecule has 2 aromatic carbocycles. The van der Waals surface area contributed by atoms with E-state index in [1.807, 2.05) is 42.5 Å². The van der Waals surface area contributed by atoms with Crippen LogP contribution < -0.4 is 10.1 Å². The van der Waals surface area contributed by atoms with Crippen LogP contribution in [0, 0.1) is 0 Å². The highest BCUT2D eigenvalue weighted by Crippen LogP contribution is 2.19. The van der Waals surface area contributed by atoms with Gasteiger partial charge in [-0.05, 0) is 29.3 Å². The number of halogens is 1. The predicted molar refractivity (Wildman–Crippen MR) is 76.3 cm³/mol. The summed E-state index contributed by atoms with van der Waals surface area (Å²) in [6.45, 7) is 0.755. The van der Waals surface area contributed by atoms with Crippen molar-refractivity contribution in [2.75, 3.05) is 12.4 Å². The van der Waals surface area contributed by atoms with Crippen molar-refractivity contribution in [1.29, 1.82) is 0 Å². The van der Waals surface area contributed by atoms with Crippen LogP contribution in [0.4, 0.5) is 5.69 Å². The van der Waals surface area contributed by atoms with Crippen LogP contribution in [-0.2, 0) is 12.4 Å². The minimum absolute atomic E-state index is 0.515. The molecule has 18 heavy (non-hydrogen) atoms. The van der Waals surface area contributed by atoms with Crippen LogP contribution in [0.3, 0.4) is 0 Å². The van der Waals surface area contributed by atoms with Crippen molar-refractivity contribution in [3.8, 4) is 5.75 Å². The average molecular weight is 262 g/mol. The smallest absolute Gasteiger partial charge is 0.119 e. The third-order valence-electron chi connectivity index (χ3n) is 2.78. The summed E-state index contributed by atoms with van der Waals surface area (Å²) in [7, 11) is 1.68. The summed E-state index contributed by atoms with van der Waals surface area (Å²) in [4.78, 5) is 0. The van der Waals surface area contributed by atoms with Crippen molar-refractivity contribution >= 4 is 17.3 Å². The van der Waals surface area contributed by atoms with Gasteiger partial charge in [-0.25, -0.2) is 0 Å². The summed E-state index contributed by atoms with van der Waals surface area (Å²) in [5.41, 5.74) is 3.37. The van der Waals surface area contributed by atoms with Gasteiger partial charge in [0.15, 0.2) is 0 Å². The summed E-state index contributed by atoms with van der Waals surface area (Å²) in [5.74, 6) is 1.39. The monoisotopic (exact) mass is 261 g/mol. The number of hydrogen-bond acceptors (Lipinski definition) is 2. The molecule has 2 aromatic rings. The maximum atomic E-state index is 5.90. The van der Waals surface area contributed by atoms with Crippen LogP contribution in [-0.4, -0.2) is 7.11 Å². The van der Waals surface area contributed by atoms with Gasteiger partial charge in [-0.2, -0.15) is 0 Å². The summed E-state index contributed by atoms with van der Waals surface area (Å²) in [5, 5.41) is 3.39. The van der Waals surface area contributed by atoms with Gasteiger partial charge in [0, 0.05) is 18.1 Å². The third-order valence-corrected chi connectivity index (χ3v) is 3.07. The maximum Gasteiger partial charge on any atom is 0.119 e. The molecule has 1 N–H and O–H groups in total. The normalized spacial score (nSPS) is 10.1. The SMILES string of the molecule is COc1cccc(CNc2ccccc2CCl)c1.